The molecule has 1 aromatic carbocycles. The Labute approximate surface area is 118 Å². The van der Waals surface area contributed by atoms with Crippen molar-refractivity contribution in [2.24, 2.45) is 5.73 Å². The smallest absolute Gasteiger partial charge is 0.0357 e. The van der Waals surface area contributed by atoms with Gasteiger partial charge in [-0.15, -0.1) is 0 Å². The monoisotopic (exact) mass is 260 g/mol. The highest BCUT2D eigenvalue weighted by molar-refractivity contribution is 5.31. The van der Waals surface area contributed by atoms with Gasteiger partial charge < -0.3 is 10.6 Å². The first kappa shape index (κ1) is 14.5. The molecular formula is C17H28N2. The molecule has 1 unspecified atom stereocenters. The van der Waals surface area contributed by atoms with Gasteiger partial charge in [0.25, 0.3) is 0 Å². The molecule has 19 heavy (non-hydrogen) atoms. The van der Waals surface area contributed by atoms with E-state index < -0.39 is 0 Å². The van der Waals surface area contributed by atoms with E-state index in [1.54, 1.807) is 0 Å². The second-order valence-corrected chi connectivity index (χ2v) is 6.45. The molecule has 2 N–H and O–H groups in total. The van der Waals surface area contributed by atoms with E-state index in [1.165, 1.54) is 42.4 Å². The van der Waals surface area contributed by atoms with Gasteiger partial charge >= 0.3 is 0 Å². The maximum absolute atomic E-state index is 6.62. The average molecular weight is 260 g/mol. The van der Waals surface area contributed by atoms with Crippen molar-refractivity contribution in [2.45, 2.75) is 57.5 Å². The summed E-state index contributed by atoms with van der Waals surface area (Å²) >= 11 is 0. The molecule has 0 bridgehead atoms. The molecule has 106 valence electrons. The normalized spacial score (nSPS) is 19.9. The first-order valence-electron chi connectivity index (χ1n) is 7.45. The molecule has 1 aliphatic rings. The van der Waals surface area contributed by atoms with Crippen LogP contribution in [0.5, 0.6) is 0 Å². The highest BCUT2D eigenvalue weighted by atomic mass is 15.2. The summed E-state index contributed by atoms with van der Waals surface area (Å²) in [6.45, 7) is 4.35. The minimum absolute atomic E-state index is 0.205. The van der Waals surface area contributed by atoms with Gasteiger partial charge in [-0.3, -0.25) is 0 Å². The van der Waals surface area contributed by atoms with Crippen LogP contribution in [-0.4, -0.2) is 30.6 Å². The molecule has 0 saturated heterocycles. The van der Waals surface area contributed by atoms with Crippen molar-refractivity contribution < 1.29 is 0 Å². The van der Waals surface area contributed by atoms with Crippen LogP contribution in [0.25, 0.3) is 0 Å². The van der Waals surface area contributed by atoms with Crippen molar-refractivity contribution in [1.29, 1.82) is 0 Å². The largest absolute Gasteiger partial charge is 0.326 e. The maximum atomic E-state index is 6.62. The third-order valence-electron chi connectivity index (χ3n) is 4.99. The number of hydrogen-bond acceptors (Lipinski definition) is 2. The van der Waals surface area contributed by atoms with E-state index in [0.717, 1.165) is 6.42 Å². The molecule has 1 aliphatic carbocycles. The van der Waals surface area contributed by atoms with Crippen LogP contribution < -0.4 is 5.73 Å². The van der Waals surface area contributed by atoms with Crippen molar-refractivity contribution in [1.82, 2.24) is 4.90 Å². The van der Waals surface area contributed by atoms with E-state index in [9.17, 15) is 0 Å². The first-order chi connectivity index (χ1) is 8.95. The van der Waals surface area contributed by atoms with Gasteiger partial charge in [-0.05, 0) is 58.3 Å². The Bertz CT molecular complexity index is 431. The van der Waals surface area contributed by atoms with Crippen molar-refractivity contribution >= 4 is 0 Å². The van der Waals surface area contributed by atoms with Crippen molar-refractivity contribution in [3.8, 4) is 0 Å². The van der Waals surface area contributed by atoms with Crippen LogP contribution in [0.15, 0.2) is 18.2 Å². The molecule has 0 amide bonds. The van der Waals surface area contributed by atoms with Gasteiger partial charge in [0, 0.05) is 11.6 Å². The van der Waals surface area contributed by atoms with Gasteiger partial charge in [-0.1, -0.05) is 36.6 Å². The molecule has 1 atom stereocenters. The number of nitrogens with two attached hydrogens (primary N) is 1. The Morgan fingerprint density at radius 3 is 2.42 bits per heavy atom. The summed E-state index contributed by atoms with van der Waals surface area (Å²) in [6.07, 6.45) is 6.11. The van der Waals surface area contributed by atoms with Crippen LogP contribution in [0, 0.1) is 13.8 Å². The topological polar surface area (TPSA) is 29.3 Å². The van der Waals surface area contributed by atoms with Gasteiger partial charge in [-0.2, -0.15) is 0 Å². The third-order valence-corrected chi connectivity index (χ3v) is 4.99. The van der Waals surface area contributed by atoms with Gasteiger partial charge in [0.05, 0.1) is 0 Å². The molecule has 0 aliphatic heterocycles. The Morgan fingerprint density at radius 1 is 1.21 bits per heavy atom. The molecule has 2 heteroatoms. The zero-order valence-electron chi connectivity index (χ0n) is 12.9. The third kappa shape index (κ3) is 2.85. The van der Waals surface area contributed by atoms with Crippen molar-refractivity contribution in [2.75, 3.05) is 14.1 Å². The Kier molecular flexibility index (Phi) is 4.32. The summed E-state index contributed by atoms with van der Waals surface area (Å²) in [5.74, 6) is 0. The number of benzene rings is 1. The summed E-state index contributed by atoms with van der Waals surface area (Å²) in [7, 11) is 4.38. The van der Waals surface area contributed by atoms with Crippen LogP contribution in [0.4, 0.5) is 0 Å². The molecule has 1 saturated carbocycles. The minimum atomic E-state index is 0.205. The second kappa shape index (κ2) is 5.64. The van der Waals surface area contributed by atoms with E-state index >= 15 is 0 Å². The molecule has 0 radical (unpaired) electrons. The van der Waals surface area contributed by atoms with Crippen LogP contribution in [0.3, 0.4) is 0 Å². The Balaban J connectivity index is 2.19. The average Bonchev–Trinajstić information content (AvgIpc) is 2.84. The lowest BCUT2D eigenvalue weighted by Crippen LogP contribution is -2.56. The number of rotatable bonds is 4. The van der Waals surface area contributed by atoms with Crippen LogP contribution >= 0.6 is 0 Å². The summed E-state index contributed by atoms with van der Waals surface area (Å²) in [6, 6.07) is 6.93. The molecule has 0 aromatic heterocycles. The number of likely N-dealkylation sites (N-methyl/N-ethyl adjacent to an activating group) is 1. The van der Waals surface area contributed by atoms with E-state index in [0.29, 0.717) is 0 Å². The second-order valence-electron chi connectivity index (χ2n) is 6.45. The summed E-state index contributed by atoms with van der Waals surface area (Å²) in [4.78, 5) is 2.37. The highest BCUT2D eigenvalue weighted by Crippen LogP contribution is 2.37. The summed E-state index contributed by atoms with van der Waals surface area (Å²) in [5.41, 5.74) is 10.9. The summed E-state index contributed by atoms with van der Waals surface area (Å²) in [5, 5.41) is 0. The lowest BCUT2D eigenvalue weighted by molar-refractivity contribution is 0.123. The van der Waals surface area contributed by atoms with E-state index in [-0.39, 0.29) is 11.6 Å². The molecule has 2 rings (SSSR count). The molecule has 1 fully saturated rings. The van der Waals surface area contributed by atoms with Crippen LogP contribution in [0.2, 0.25) is 0 Å². The van der Waals surface area contributed by atoms with E-state index in [1.807, 2.05) is 0 Å². The Morgan fingerprint density at radius 2 is 1.84 bits per heavy atom. The number of hydrogen-bond donors (Lipinski definition) is 1. The minimum Gasteiger partial charge on any atom is -0.326 e. The quantitative estimate of drug-likeness (QED) is 0.901. The van der Waals surface area contributed by atoms with Crippen molar-refractivity contribution in [3.05, 3.63) is 34.9 Å². The standard InChI is InChI=1S/C17H28N2/c1-13-7-8-14(2)15(11-13)12-16(18)17(19(3)4)9-5-6-10-17/h7-8,11,16H,5-6,9-10,12,18H2,1-4H3. The zero-order chi connectivity index (χ0) is 14.0. The fraction of sp³-hybridized carbons (Fsp3) is 0.647. The SMILES string of the molecule is Cc1ccc(C)c(CC(N)C2(N(C)C)CCCC2)c1. The van der Waals surface area contributed by atoms with Crippen LogP contribution in [-0.2, 0) is 6.42 Å². The van der Waals surface area contributed by atoms with Crippen LogP contribution in [0.1, 0.15) is 42.4 Å². The van der Waals surface area contributed by atoms with E-state index in [4.69, 9.17) is 5.73 Å². The molecular weight excluding hydrogens is 232 g/mol. The Hall–Kier alpha value is -0.860. The van der Waals surface area contributed by atoms with Crippen molar-refractivity contribution in [3.63, 3.8) is 0 Å². The lowest BCUT2D eigenvalue weighted by atomic mass is 9.83. The zero-order valence-corrected chi connectivity index (χ0v) is 12.9. The lowest BCUT2D eigenvalue weighted by Gasteiger charge is -2.41. The molecule has 0 heterocycles. The van der Waals surface area contributed by atoms with Gasteiger partial charge in [-0.25, -0.2) is 0 Å². The molecule has 1 aromatic rings. The molecule has 0 spiro atoms. The molecule has 2 nitrogen and oxygen atoms in total. The predicted octanol–water partition coefficient (Wildman–Crippen LogP) is 3.05. The van der Waals surface area contributed by atoms with E-state index in [2.05, 4.69) is 51.0 Å². The van der Waals surface area contributed by atoms with Gasteiger partial charge in [0.15, 0.2) is 0 Å². The number of aryl methyl sites for hydroxylation is 2. The number of nitrogens with zero attached hydrogens (tertiary/aromatic N) is 1. The maximum Gasteiger partial charge on any atom is 0.0357 e. The van der Waals surface area contributed by atoms with Gasteiger partial charge in [0.1, 0.15) is 0 Å². The summed E-state index contributed by atoms with van der Waals surface area (Å²) < 4.78 is 0. The predicted molar refractivity (Wildman–Crippen MR) is 82.5 cm³/mol. The highest BCUT2D eigenvalue weighted by Gasteiger charge is 2.41. The first-order valence-corrected chi connectivity index (χ1v) is 7.45. The fourth-order valence-electron chi connectivity index (χ4n) is 3.58. The fourth-order valence-corrected chi connectivity index (χ4v) is 3.58. The van der Waals surface area contributed by atoms with Gasteiger partial charge in [0.2, 0.25) is 0 Å².